The van der Waals surface area contributed by atoms with Crippen LogP contribution in [0.2, 0.25) is 0 Å². The van der Waals surface area contributed by atoms with Crippen LogP contribution in [-0.4, -0.2) is 25.2 Å². The monoisotopic (exact) mass is 358 g/mol. The third-order valence-corrected chi connectivity index (χ3v) is 4.48. The van der Waals surface area contributed by atoms with Crippen LogP contribution in [0.5, 0.6) is 11.5 Å². The van der Waals surface area contributed by atoms with E-state index < -0.39 is 11.9 Å². The number of rotatable bonds is 1. The molecule has 0 spiro atoms. The Morgan fingerprint density at radius 3 is 1.96 bits per heavy atom. The number of ether oxygens (including phenoxy) is 2. The average Bonchev–Trinajstić information content (AvgIpc) is 2.82. The molecule has 3 amide bonds. The van der Waals surface area contributed by atoms with E-state index in [9.17, 15) is 9.59 Å². The van der Waals surface area contributed by atoms with Crippen LogP contribution >= 0.6 is 0 Å². The molecule has 6 heteroatoms. The van der Waals surface area contributed by atoms with Gasteiger partial charge >= 0.3 is 6.03 Å². The zero-order valence-corrected chi connectivity index (χ0v) is 16.2. The first-order valence-corrected chi connectivity index (χ1v) is 8.80. The molecule has 26 heavy (non-hydrogen) atoms. The lowest BCUT2D eigenvalue weighted by molar-refractivity contribution is -0.115. The normalized spacial score (nSPS) is 18.8. The Labute approximate surface area is 153 Å². The number of hydrogen-bond donors (Lipinski definition) is 2. The third kappa shape index (κ3) is 3.28. The van der Waals surface area contributed by atoms with Crippen LogP contribution < -0.4 is 20.1 Å². The van der Waals surface area contributed by atoms with Crippen molar-refractivity contribution in [2.75, 3.05) is 13.2 Å². The summed E-state index contributed by atoms with van der Waals surface area (Å²) in [5.74, 6) is 0.906. The molecule has 0 saturated carbocycles. The predicted octanol–water partition coefficient (Wildman–Crippen LogP) is 3.23. The maximum atomic E-state index is 12.0. The first-order valence-electron chi connectivity index (χ1n) is 8.80. The molecule has 2 heterocycles. The Kier molecular flexibility index (Phi) is 4.25. The molecule has 6 nitrogen and oxygen atoms in total. The third-order valence-electron chi connectivity index (χ3n) is 4.48. The zero-order chi connectivity index (χ0) is 19.3. The van der Waals surface area contributed by atoms with E-state index in [1.54, 1.807) is 6.08 Å². The van der Waals surface area contributed by atoms with Gasteiger partial charge in [0.2, 0.25) is 0 Å². The van der Waals surface area contributed by atoms with Crippen molar-refractivity contribution in [2.24, 2.45) is 0 Å². The Bertz CT molecular complexity index is 811. The summed E-state index contributed by atoms with van der Waals surface area (Å²) in [5, 5.41) is 4.78. The van der Waals surface area contributed by atoms with E-state index >= 15 is 0 Å². The Morgan fingerprint density at radius 2 is 1.46 bits per heavy atom. The van der Waals surface area contributed by atoms with E-state index in [4.69, 9.17) is 9.47 Å². The van der Waals surface area contributed by atoms with Gasteiger partial charge in [0.15, 0.2) is 11.5 Å². The number of carbonyl (C=O) groups excluding carboxylic acids is 2. The molecule has 0 atom stereocenters. The van der Waals surface area contributed by atoms with Crippen LogP contribution in [-0.2, 0) is 15.6 Å². The maximum absolute atomic E-state index is 12.0. The number of benzene rings is 1. The van der Waals surface area contributed by atoms with Gasteiger partial charge in [-0.3, -0.25) is 10.1 Å². The van der Waals surface area contributed by atoms with E-state index in [2.05, 4.69) is 58.2 Å². The summed E-state index contributed by atoms with van der Waals surface area (Å²) in [6, 6.07) is 1.62. The number of amides is 3. The molecule has 0 aromatic heterocycles. The highest BCUT2D eigenvalue weighted by molar-refractivity contribution is 6.14. The van der Waals surface area contributed by atoms with Gasteiger partial charge in [-0.2, -0.15) is 0 Å². The summed E-state index contributed by atoms with van der Waals surface area (Å²) in [6.07, 6.45) is 1.68. The molecule has 2 N–H and O–H groups in total. The van der Waals surface area contributed by atoms with Gasteiger partial charge < -0.3 is 14.8 Å². The number of urea groups is 1. The van der Waals surface area contributed by atoms with Crippen molar-refractivity contribution in [3.8, 4) is 11.5 Å². The zero-order valence-electron chi connectivity index (χ0n) is 16.2. The molecule has 0 unspecified atom stereocenters. The van der Waals surface area contributed by atoms with Crippen LogP contribution in [0.1, 0.15) is 58.2 Å². The highest BCUT2D eigenvalue weighted by atomic mass is 16.6. The highest BCUT2D eigenvalue weighted by Gasteiger charge is 2.33. The smallest absolute Gasteiger partial charge is 0.326 e. The Balaban J connectivity index is 2.30. The van der Waals surface area contributed by atoms with Gasteiger partial charge in [-0.15, -0.1) is 0 Å². The van der Waals surface area contributed by atoms with Crippen molar-refractivity contribution in [2.45, 2.75) is 52.4 Å². The maximum Gasteiger partial charge on any atom is 0.326 e. The quantitative estimate of drug-likeness (QED) is 0.597. The number of fused-ring (bicyclic) bond motifs is 1. The van der Waals surface area contributed by atoms with E-state index in [0.717, 1.165) is 16.7 Å². The number of carbonyl (C=O) groups is 2. The van der Waals surface area contributed by atoms with Crippen molar-refractivity contribution < 1.29 is 19.1 Å². The van der Waals surface area contributed by atoms with Crippen LogP contribution in [0.15, 0.2) is 11.8 Å². The SMILES string of the molecule is CC(C)(C)c1cc(C(C)(C)C)c2c(c1/C=C1\NC(=O)NC1=O)OCCO2. The fourth-order valence-electron chi connectivity index (χ4n) is 3.18. The Morgan fingerprint density at radius 1 is 0.885 bits per heavy atom. The molecule has 0 aliphatic carbocycles. The second-order valence-electron chi connectivity index (χ2n) is 8.71. The molecule has 0 bridgehead atoms. The van der Waals surface area contributed by atoms with Crippen molar-refractivity contribution in [1.29, 1.82) is 0 Å². The van der Waals surface area contributed by atoms with Gasteiger partial charge in [-0.1, -0.05) is 47.6 Å². The van der Waals surface area contributed by atoms with Gasteiger partial charge in [-0.25, -0.2) is 4.79 Å². The van der Waals surface area contributed by atoms with Gasteiger partial charge in [-0.05, 0) is 22.5 Å². The molecule has 2 aliphatic rings. The molecular formula is C20H26N2O4. The predicted molar refractivity (Wildman–Crippen MR) is 99.5 cm³/mol. The first-order chi connectivity index (χ1) is 12.0. The van der Waals surface area contributed by atoms with E-state index in [0.29, 0.717) is 24.7 Å². The summed E-state index contributed by atoms with van der Waals surface area (Å²) in [7, 11) is 0. The summed E-state index contributed by atoms with van der Waals surface area (Å²) in [6.45, 7) is 13.7. The summed E-state index contributed by atoms with van der Waals surface area (Å²) in [5.41, 5.74) is 2.76. The molecule has 1 aromatic rings. The number of hydrogen-bond acceptors (Lipinski definition) is 4. The summed E-state index contributed by atoms with van der Waals surface area (Å²) < 4.78 is 11.9. The molecular weight excluding hydrogens is 332 g/mol. The van der Waals surface area contributed by atoms with Crippen LogP contribution in [0.4, 0.5) is 4.79 Å². The fraction of sp³-hybridized carbons (Fsp3) is 0.500. The lowest BCUT2D eigenvalue weighted by Crippen LogP contribution is -2.25. The standard InChI is InChI=1S/C20H26N2O4/c1-19(2,3)12-10-13(20(4,5)6)16-15(25-7-8-26-16)11(12)9-14-17(23)22-18(24)21-14/h9-10H,7-8H2,1-6H3,(H2,21,22,23,24)/b14-9-. The van der Waals surface area contributed by atoms with Crippen molar-refractivity contribution in [3.05, 3.63) is 28.5 Å². The second-order valence-corrected chi connectivity index (χ2v) is 8.71. The summed E-state index contributed by atoms with van der Waals surface area (Å²) in [4.78, 5) is 23.5. The topological polar surface area (TPSA) is 76.7 Å². The van der Waals surface area contributed by atoms with Gasteiger partial charge in [0.1, 0.15) is 18.9 Å². The van der Waals surface area contributed by atoms with Crippen LogP contribution in [0, 0.1) is 0 Å². The number of nitrogens with one attached hydrogen (secondary N) is 2. The minimum absolute atomic E-state index is 0.130. The van der Waals surface area contributed by atoms with E-state index in [1.165, 1.54) is 0 Å². The molecule has 2 aliphatic heterocycles. The van der Waals surface area contributed by atoms with Gasteiger partial charge in [0.05, 0.1) is 0 Å². The first kappa shape index (κ1) is 18.3. The van der Waals surface area contributed by atoms with Crippen molar-refractivity contribution in [3.63, 3.8) is 0 Å². The van der Waals surface area contributed by atoms with Gasteiger partial charge in [0.25, 0.3) is 5.91 Å². The van der Waals surface area contributed by atoms with Crippen LogP contribution in [0.3, 0.4) is 0 Å². The molecule has 1 saturated heterocycles. The van der Waals surface area contributed by atoms with Gasteiger partial charge in [0, 0.05) is 11.1 Å². The number of imide groups is 1. The largest absolute Gasteiger partial charge is 0.486 e. The molecule has 1 aromatic carbocycles. The minimum atomic E-state index is -0.518. The van der Waals surface area contributed by atoms with E-state index in [1.807, 2.05) is 0 Å². The highest BCUT2D eigenvalue weighted by Crippen LogP contribution is 2.47. The summed E-state index contributed by atoms with van der Waals surface area (Å²) >= 11 is 0. The lowest BCUT2D eigenvalue weighted by Gasteiger charge is -2.33. The van der Waals surface area contributed by atoms with Crippen molar-refractivity contribution >= 4 is 18.0 Å². The minimum Gasteiger partial charge on any atom is -0.486 e. The van der Waals surface area contributed by atoms with Crippen molar-refractivity contribution in [1.82, 2.24) is 10.6 Å². The van der Waals surface area contributed by atoms with Crippen LogP contribution in [0.25, 0.3) is 6.08 Å². The fourth-order valence-corrected chi connectivity index (χ4v) is 3.18. The molecule has 1 fully saturated rings. The molecule has 140 valence electrons. The Hall–Kier alpha value is -2.50. The second kappa shape index (κ2) is 6.04. The molecule has 3 rings (SSSR count). The lowest BCUT2D eigenvalue weighted by atomic mass is 9.77. The van der Waals surface area contributed by atoms with E-state index in [-0.39, 0.29) is 16.5 Å². The average molecular weight is 358 g/mol. The molecule has 0 radical (unpaired) electrons.